The maximum Gasteiger partial charge on any atom is 0.241 e. The quantitative estimate of drug-likeness (QED) is 0.710. The van der Waals surface area contributed by atoms with Gasteiger partial charge in [0.15, 0.2) is 0 Å². The van der Waals surface area contributed by atoms with Gasteiger partial charge >= 0.3 is 0 Å². The van der Waals surface area contributed by atoms with Crippen molar-refractivity contribution >= 4 is 21.6 Å². The van der Waals surface area contributed by atoms with E-state index in [0.717, 1.165) is 34.3 Å². The maximum atomic E-state index is 12.7. The van der Waals surface area contributed by atoms with Gasteiger partial charge in [-0.25, -0.2) is 8.42 Å². The first kappa shape index (κ1) is 22.7. The van der Waals surface area contributed by atoms with E-state index in [1.807, 2.05) is 71.0 Å². The zero-order chi connectivity index (χ0) is 21.8. The Hall–Kier alpha value is -2.54. The van der Waals surface area contributed by atoms with Crippen molar-refractivity contribution in [3.8, 4) is 5.75 Å². The van der Waals surface area contributed by atoms with Crippen LogP contribution in [0.3, 0.4) is 0 Å². The Morgan fingerprint density at radius 2 is 1.66 bits per heavy atom. The van der Waals surface area contributed by atoms with Gasteiger partial charge in [-0.2, -0.15) is 0 Å². The summed E-state index contributed by atoms with van der Waals surface area (Å²) < 4.78 is 31.5. The van der Waals surface area contributed by atoms with Crippen LogP contribution >= 0.6 is 0 Å². The van der Waals surface area contributed by atoms with Gasteiger partial charge < -0.3 is 10.1 Å². The van der Waals surface area contributed by atoms with Crippen LogP contribution in [0.1, 0.15) is 42.1 Å². The highest BCUT2D eigenvalue weighted by Crippen LogP contribution is 2.28. The Balaban J connectivity index is 2.19. The highest BCUT2D eigenvalue weighted by Gasteiger charge is 2.25. The van der Waals surface area contributed by atoms with Gasteiger partial charge in [-0.1, -0.05) is 29.8 Å². The third-order valence-corrected chi connectivity index (χ3v) is 5.75. The topological polar surface area (TPSA) is 75.7 Å². The SMILES string of the molecule is CCOc1ccc(C(C)NC(=O)CN(c2c(C)cc(C)cc2C)S(C)(=O)=O)cc1. The number of rotatable bonds is 8. The standard InChI is InChI=1S/C22H30N2O4S/c1-7-28-20-10-8-19(9-11-20)18(5)23-21(25)14-24(29(6,26)27)22-16(3)12-15(2)13-17(22)4/h8-13,18H,7,14H2,1-6H3,(H,23,25). The van der Waals surface area contributed by atoms with Crippen LogP contribution in [-0.4, -0.2) is 33.7 Å². The second kappa shape index (κ2) is 9.31. The third-order valence-electron chi connectivity index (χ3n) is 4.64. The number of benzene rings is 2. The van der Waals surface area contributed by atoms with Gasteiger partial charge in [0.05, 0.1) is 24.6 Å². The predicted molar refractivity (Wildman–Crippen MR) is 117 cm³/mol. The summed E-state index contributed by atoms with van der Waals surface area (Å²) in [6.07, 6.45) is 1.12. The molecule has 0 spiro atoms. The van der Waals surface area contributed by atoms with Gasteiger partial charge in [0, 0.05) is 0 Å². The van der Waals surface area contributed by atoms with Crippen LogP contribution in [0.15, 0.2) is 36.4 Å². The van der Waals surface area contributed by atoms with Crippen molar-refractivity contribution in [1.29, 1.82) is 0 Å². The van der Waals surface area contributed by atoms with Gasteiger partial charge in [-0.15, -0.1) is 0 Å². The molecule has 1 atom stereocenters. The average molecular weight is 419 g/mol. The van der Waals surface area contributed by atoms with Gasteiger partial charge in [-0.05, 0) is 63.4 Å². The third kappa shape index (κ3) is 5.97. The number of nitrogens with zero attached hydrogens (tertiary/aromatic N) is 1. The lowest BCUT2D eigenvalue weighted by molar-refractivity contribution is -0.120. The van der Waals surface area contributed by atoms with Crippen LogP contribution in [0.4, 0.5) is 5.69 Å². The lowest BCUT2D eigenvalue weighted by Crippen LogP contribution is -2.41. The maximum absolute atomic E-state index is 12.7. The van der Waals surface area contributed by atoms with E-state index < -0.39 is 10.0 Å². The summed E-state index contributed by atoms with van der Waals surface area (Å²) in [5.41, 5.74) is 4.16. The number of aryl methyl sites for hydroxylation is 3. The normalized spacial score (nSPS) is 12.3. The van der Waals surface area contributed by atoms with E-state index in [4.69, 9.17) is 4.74 Å². The molecular formula is C22H30N2O4S. The molecule has 0 bridgehead atoms. The van der Waals surface area contributed by atoms with Crippen LogP contribution in [0, 0.1) is 20.8 Å². The molecule has 158 valence electrons. The molecule has 1 unspecified atom stereocenters. The van der Waals surface area contributed by atoms with Crippen molar-refractivity contribution in [2.75, 3.05) is 23.7 Å². The Bertz CT molecular complexity index is 946. The lowest BCUT2D eigenvalue weighted by Gasteiger charge is -2.26. The molecule has 0 fully saturated rings. The fourth-order valence-corrected chi connectivity index (χ4v) is 4.42. The van der Waals surface area contributed by atoms with Crippen molar-refractivity contribution in [1.82, 2.24) is 5.32 Å². The van der Waals surface area contributed by atoms with Crippen LogP contribution in [-0.2, 0) is 14.8 Å². The second-order valence-corrected chi connectivity index (χ2v) is 9.22. The molecule has 0 aromatic heterocycles. The first-order valence-electron chi connectivity index (χ1n) is 9.60. The second-order valence-electron chi connectivity index (χ2n) is 7.31. The molecule has 2 aromatic carbocycles. The summed E-state index contributed by atoms with van der Waals surface area (Å²) in [6, 6.07) is 11.0. The number of nitrogens with one attached hydrogen (secondary N) is 1. The van der Waals surface area contributed by atoms with Gasteiger partial charge in [0.2, 0.25) is 15.9 Å². The van der Waals surface area contributed by atoms with Gasteiger partial charge in [0.1, 0.15) is 12.3 Å². The molecule has 0 saturated heterocycles. The molecule has 0 saturated carbocycles. The summed E-state index contributed by atoms with van der Waals surface area (Å²) >= 11 is 0. The first-order chi connectivity index (χ1) is 13.5. The number of hydrogen-bond acceptors (Lipinski definition) is 4. The molecule has 1 N–H and O–H groups in total. The number of amides is 1. The van der Waals surface area contributed by atoms with Crippen molar-refractivity contribution < 1.29 is 17.9 Å². The molecule has 0 aliphatic carbocycles. The highest BCUT2D eigenvalue weighted by molar-refractivity contribution is 7.92. The minimum atomic E-state index is -3.63. The van der Waals surface area contributed by atoms with Crippen molar-refractivity contribution in [2.45, 2.75) is 40.7 Å². The largest absolute Gasteiger partial charge is 0.494 e. The van der Waals surface area contributed by atoms with E-state index >= 15 is 0 Å². The van der Waals surface area contributed by atoms with Crippen LogP contribution in [0.2, 0.25) is 0 Å². The number of carbonyl (C=O) groups is 1. The smallest absolute Gasteiger partial charge is 0.241 e. The molecule has 0 heterocycles. The molecule has 29 heavy (non-hydrogen) atoms. The van der Waals surface area contributed by atoms with Crippen molar-refractivity contribution in [3.63, 3.8) is 0 Å². The van der Waals surface area contributed by atoms with E-state index in [2.05, 4.69) is 5.32 Å². The molecule has 2 rings (SSSR count). The van der Waals surface area contributed by atoms with E-state index in [1.165, 1.54) is 4.31 Å². The van der Waals surface area contributed by atoms with Gasteiger partial charge in [-0.3, -0.25) is 9.10 Å². The van der Waals surface area contributed by atoms with Crippen LogP contribution < -0.4 is 14.4 Å². The summed E-state index contributed by atoms with van der Waals surface area (Å²) in [5, 5.41) is 2.88. The Labute approximate surface area is 173 Å². The van der Waals surface area contributed by atoms with E-state index in [1.54, 1.807) is 0 Å². The zero-order valence-corrected chi connectivity index (χ0v) is 18.8. The number of carbonyl (C=O) groups excluding carboxylic acids is 1. The molecule has 6 nitrogen and oxygen atoms in total. The molecule has 1 amide bonds. The first-order valence-corrected chi connectivity index (χ1v) is 11.5. The Morgan fingerprint density at radius 1 is 1.10 bits per heavy atom. The highest BCUT2D eigenvalue weighted by atomic mass is 32.2. The monoisotopic (exact) mass is 418 g/mol. The number of sulfonamides is 1. The lowest BCUT2D eigenvalue weighted by atomic mass is 10.1. The fourth-order valence-electron chi connectivity index (χ4n) is 3.45. The van der Waals surface area contributed by atoms with E-state index in [-0.39, 0.29) is 18.5 Å². The van der Waals surface area contributed by atoms with Crippen molar-refractivity contribution in [2.24, 2.45) is 0 Å². The minimum Gasteiger partial charge on any atom is -0.494 e. The molecule has 0 aliphatic rings. The van der Waals surface area contributed by atoms with Crippen molar-refractivity contribution in [3.05, 3.63) is 58.7 Å². The minimum absolute atomic E-state index is 0.264. The predicted octanol–water partition coefficient (Wildman–Crippen LogP) is 3.65. The Morgan fingerprint density at radius 3 is 2.14 bits per heavy atom. The average Bonchev–Trinajstić information content (AvgIpc) is 2.60. The number of anilines is 1. The molecule has 2 aromatic rings. The molecular weight excluding hydrogens is 388 g/mol. The van der Waals surface area contributed by atoms with E-state index in [9.17, 15) is 13.2 Å². The zero-order valence-electron chi connectivity index (χ0n) is 17.9. The Kier molecular flexibility index (Phi) is 7.30. The number of ether oxygens (including phenoxy) is 1. The molecule has 0 aliphatic heterocycles. The van der Waals surface area contributed by atoms with E-state index in [0.29, 0.717) is 12.3 Å². The molecule has 7 heteroatoms. The summed E-state index contributed by atoms with van der Waals surface area (Å²) in [4.78, 5) is 12.7. The summed E-state index contributed by atoms with van der Waals surface area (Å²) in [7, 11) is -3.63. The fraction of sp³-hybridized carbons (Fsp3) is 0.409. The van der Waals surface area contributed by atoms with Crippen LogP contribution in [0.25, 0.3) is 0 Å². The van der Waals surface area contributed by atoms with Crippen LogP contribution in [0.5, 0.6) is 5.75 Å². The number of hydrogen-bond donors (Lipinski definition) is 1. The molecule has 0 radical (unpaired) electrons. The summed E-state index contributed by atoms with van der Waals surface area (Å²) in [6.45, 7) is 9.76. The van der Waals surface area contributed by atoms with Gasteiger partial charge in [0.25, 0.3) is 0 Å². The summed E-state index contributed by atoms with van der Waals surface area (Å²) in [5.74, 6) is 0.402.